The SMILES string of the molecule is FC(F)(F)c1cncc(Nc2cnc3c(c2)C=NCC3)c1. The molecule has 3 rings (SSSR count). The standard InChI is InChI=1S/C14H11F3N4/c15-14(16,17)10-4-12(7-19-6-10)21-11-3-9-5-18-2-1-13(9)20-8-11/h3-8,21H,1-2H2. The van der Waals surface area contributed by atoms with Crippen LogP contribution in [0.3, 0.4) is 0 Å². The van der Waals surface area contributed by atoms with Crippen LogP contribution >= 0.6 is 0 Å². The second kappa shape index (κ2) is 5.16. The first kappa shape index (κ1) is 13.5. The van der Waals surface area contributed by atoms with Gasteiger partial charge in [0.1, 0.15) is 0 Å². The number of aliphatic imine (C=N–C) groups is 1. The normalized spacial score (nSPS) is 13.9. The van der Waals surface area contributed by atoms with Crippen LogP contribution in [0.4, 0.5) is 24.5 Å². The summed E-state index contributed by atoms with van der Waals surface area (Å²) in [5.74, 6) is 0. The van der Waals surface area contributed by atoms with Crippen LogP contribution in [0.5, 0.6) is 0 Å². The van der Waals surface area contributed by atoms with Gasteiger partial charge in [-0.25, -0.2) is 0 Å². The van der Waals surface area contributed by atoms with Crippen molar-refractivity contribution in [2.24, 2.45) is 4.99 Å². The molecule has 4 nitrogen and oxygen atoms in total. The lowest BCUT2D eigenvalue weighted by Crippen LogP contribution is -2.07. The Kier molecular flexibility index (Phi) is 3.32. The van der Waals surface area contributed by atoms with Gasteiger partial charge < -0.3 is 5.32 Å². The Labute approximate surface area is 118 Å². The van der Waals surface area contributed by atoms with Crippen molar-refractivity contribution >= 4 is 17.6 Å². The quantitative estimate of drug-likeness (QED) is 0.924. The topological polar surface area (TPSA) is 50.2 Å². The van der Waals surface area contributed by atoms with Crippen LogP contribution in [-0.4, -0.2) is 22.7 Å². The first-order chi connectivity index (χ1) is 10.0. The second-order valence-electron chi connectivity index (χ2n) is 4.63. The summed E-state index contributed by atoms with van der Waals surface area (Å²) in [6, 6.07) is 2.83. The molecule has 0 aromatic carbocycles. The maximum Gasteiger partial charge on any atom is 0.417 e. The molecule has 0 fully saturated rings. The number of halogens is 3. The van der Waals surface area contributed by atoms with Crippen molar-refractivity contribution in [3.8, 4) is 0 Å². The van der Waals surface area contributed by atoms with Crippen LogP contribution in [-0.2, 0) is 12.6 Å². The highest BCUT2D eigenvalue weighted by atomic mass is 19.4. The van der Waals surface area contributed by atoms with Gasteiger partial charge in [0.05, 0.1) is 35.0 Å². The number of hydrogen-bond donors (Lipinski definition) is 1. The number of hydrogen-bond acceptors (Lipinski definition) is 4. The van der Waals surface area contributed by atoms with Gasteiger partial charge in [0.15, 0.2) is 0 Å². The van der Waals surface area contributed by atoms with E-state index in [9.17, 15) is 13.2 Å². The Morgan fingerprint density at radius 1 is 1.05 bits per heavy atom. The molecule has 21 heavy (non-hydrogen) atoms. The molecule has 108 valence electrons. The summed E-state index contributed by atoms with van der Waals surface area (Å²) in [7, 11) is 0. The summed E-state index contributed by atoms with van der Waals surface area (Å²) < 4.78 is 37.9. The summed E-state index contributed by atoms with van der Waals surface area (Å²) in [6.45, 7) is 0.713. The molecular weight excluding hydrogens is 281 g/mol. The van der Waals surface area contributed by atoms with Crippen LogP contribution in [0.2, 0.25) is 0 Å². The van der Waals surface area contributed by atoms with Crippen molar-refractivity contribution in [2.45, 2.75) is 12.6 Å². The van der Waals surface area contributed by atoms with Gasteiger partial charge in [0.25, 0.3) is 0 Å². The third-order valence-electron chi connectivity index (χ3n) is 3.07. The largest absolute Gasteiger partial charge is 0.417 e. The molecule has 0 bridgehead atoms. The Morgan fingerprint density at radius 3 is 2.67 bits per heavy atom. The van der Waals surface area contributed by atoms with E-state index in [4.69, 9.17) is 0 Å². The van der Waals surface area contributed by atoms with E-state index in [1.807, 2.05) is 6.07 Å². The Balaban J connectivity index is 1.86. The Bertz CT molecular complexity index is 695. The van der Waals surface area contributed by atoms with Gasteiger partial charge in [-0.15, -0.1) is 0 Å². The van der Waals surface area contributed by atoms with E-state index in [-0.39, 0.29) is 5.69 Å². The molecule has 0 saturated heterocycles. The minimum atomic E-state index is -4.41. The zero-order valence-corrected chi connectivity index (χ0v) is 10.9. The van der Waals surface area contributed by atoms with Crippen LogP contribution in [0.15, 0.2) is 35.7 Å². The second-order valence-corrected chi connectivity index (χ2v) is 4.63. The van der Waals surface area contributed by atoms with Gasteiger partial charge in [-0.05, 0) is 12.1 Å². The van der Waals surface area contributed by atoms with Crippen molar-refractivity contribution in [2.75, 3.05) is 11.9 Å². The summed E-state index contributed by atoms with van der Waals surface area (Å²) in [5.41, 5.74) is 1.89. The van der Waals surface area contributed by atoms with E-state index in [2.05, 4.69) is 20.3 Å². The van der Waals surface area contributed by atoms with Gasteiger partial charge in [-0.1, -0.05) is 0 Å². The minimum Gasteiger partial charge on any atom is -0.353 e. The molecule has 0 saturated carbocycles. The van der Waals surface area contributed by atoms with Gasteiger partial charge in [-0.3, -0.25) is 15.0 Å². The first-order valence-corrected chi connectivity index (χ1v) is 6.30. The molecule has 1 aliphatic heterocycles. The molecule has 0 aliphatic carbocycles. The van der Waals surface area contributed by atoms with Crippen LogP contribution in [0, 0.1) is 0 Å². The fourth-order valence-corrected chi connectivity index (χ4v) is 2.06. The third-order valence-corrected chi connectivity index (χ3v) is 3.07. The lowest BCUT2D eigenvalue weighted by Gasteiger charge is -2.13. The van der Waals surface area contributed by atoms with Crippen LogP contribution < -0.4 is 5.32 Å². The van der Waals surface area contributed by atoms with E-state index in [0.717, 1.165) is 29.9 Å². The molecule has 2 aromatic heterocycles. The number of pyridine rings is 2. The molecule has 0 atom stereocenters. The molecule has 0 unspecified atom stereocenters. The zero-order valence-electron chi connectivity index (χ0n) is 10.9. The number of rotatable bonds is 2. The highest BCUT2D eigenvalue weighted by molar-refractivity contribution is 5.84. The molecule has 1 aliphatic rings. The van der Waals surface area contributed by atoms with E-state index in [0.29, 0.717) is 12.2 Å². The smallest absolute Gasteiger partial charge is 0.353 e. The number of nitrogens with one attached hydrogen (secondary N) is 1. The van der Waals surface area contributed by atoms with Crippen molar-refractivity contribution in [3.63, 3.8) is 0 Å². The molecule has 2 aromatic rings. The van der Waals surface area contributed by atoms with Gasteiger partial charge >= 0.3 is 6.18 Å². The Morgan fingerprint density at radius 2 is 1.86 bits per heavy atom. The fourth-order valence-electron chi connectivity index (χ4n) is 2.06. The van der Waals surface area contributed by atoms with Crippen molar-refractivity contribution in [1.29, 1.82) is 0 Å². The van der Waals surface area contributed by atoms with Gasteiger partial charge in [0.2, 0.25) is 0 Å². The maximum atomic E-state index is 12.6. The lowest BCUT2D eigenvalue weighted by atomic mass is 10.1. The van der Waals surface area contributed by atoms with E-state index in [1.54, 1.807) is 12.4 Å². The summed E-state index contributed by atoms with van der Waals surface area (Å²) in [5, 5.41) is 2.88. The predicted molar refractivity (Wildman–Crippen MR) is 72.9 cm³/mol. The summed E-state index contributed by atoms with van der Waals surface area (Å²) in [4.78, 5) is 12.1. The minimum absolute atomic E-state index is 0.263. The van der Waals surface area contributed by atoms with Crippen LogP contribution in [0.25, 0.3) is 0 Å². The summed E-state index contributed by atoms with van der Waals surface area (Å²) >= 11 is 0. The number of anilines is 2. The number of alkyl halides is 3. The van der Waals surface area contributed by atoms with E-state index < -0.39 is 11.7 Å². The molecule has 0 spiro atoms. The van der Waals surface area contributed by atoms with Gasteiger partial charge in [0, 0.05) is 30.9 Å². The number of aromatic nitrogens is 2. The first-order valence-electron chi connectivity index (χ1n) is 6.30. The average molecular weight is 292 g/mol. The van der Waals surface area contributed by atoms with Crippen molar-refractivity contribution < 1.29 is 13.2 Å². The number of nitrogens with zero attached hydrogens (tertiary/aromatic N) is 3. The lowest BCUT2D eigenvalue weighted by molar-refractivity contribution is -0.137. The third kappa shape index (κ3) is 3.01. The zero-order chi connectivity index (χ0) is 14.9. The van der Waals surface area contributed by atoms with Gasteiger partial charge in [-0.2, -0.15) is 13.2 Å². The predicted octanol–water partition coefficient (Wildman–Crippen LogP) is 3.21. The molecule has 3 heterocycles. The highest BCUT2D eigenvalue weighted by Gasteiger charge is 2.31. The van der Waals surface area contributed by atoms with Crippen molar-refractivity contribution in [3.05, 3.63) is 47.5 Å². The highest BCUT2D eigenvalue weighted by Crippen LogP contribution is 2.30. The molecule has 0 amide bonds. The molecular formula is C14H11F3N4. The van der Waals surface area contributed by atoms with Crippen molar-refractivity contribution in [1.82, 2.24) is 9.97 Å². The summed E-state index contributed by atoms with van der Waals surface area (Å²) in [6.07, 6.45) is 1.81. The van der Waals surface area contributed by atoms with E-state index >= 15 is 0 Å². The maximum absolute atomic E-state index is 12.6. The molecule has 1 N–H and O–H groups in total. The monoisotopic (exact) mass is 292 g/mol. The Hall–Kier alpha value is -2.44. The number of fused-ring (bicyclic) bond motifs is 1. The molecule has 7 heteroatoms. The molecule has 0 radical (unpaired) electrons. The van der Waals surface area contributed by atoms with Crippen LogP contribution in [0.1, 0.15) is 16.8 Å². The fraction of sp³-hybridized carbons (Fsp3) is 0.214. The van der Waals surface area contributed by atoms with E-state index in [1.165, 1.54) is 6.20 Å². The average Bonchev–Trinajstić information content (AvgIpc) is 2.46.